The molecule has 5 N–H and O–H groups in total. The molecule has 1 aliphatic rings. The molecule has 1 saturated carbocycles. The Hall–Kier alpha value is -1.75. The zero-order valence-electron chi connectivity index (χ0n) is 12.8. The highest BCUT2D eigenvalue weighted by molar-refractivity contribution is 5.96. The standard InChI is InChI=1S/C16H25N3O2/c1-11-5-7-16(10-20,8-6-11)19-14-9-12(15(21)18-2)3-4-13(14)17/h3-4,9,11,19-20H,5-8,10,17H2,1-2H3,(H,18,21). The molecule has 2 rings (SSSR count). The van der Waals surface area contributed by atoms with Crippen LogP contribution in [0.1, 0.15) is 43.0 Å². The van der Waals surface area contributed by atoms with Crippen LogP contribution in [0.25, 0.3) is 0 Å². The number of nitrogens with two attached hydrogens (primary N) is 1. The highest BCUT2D eigenvalue weighted by atomic mass is 16.3. The van der Waals surface area contributed by atoms with Crippen LogP contribution in [0.15, 0.2) is 18.2 Å². The fourth-order valence-corrected chi connectivity index (χ4v) is 2.87. The molecule has 0 radical (unpaired) electrons. The number of anilines is 2. The maximum Gasteiger partial charge on any atom is 0.251 e. The van der Waals surface area contributed by atoms with Gasteiger partial charge in [0.25, 0.3) is 5.91 Å². The lowest BCUT2D eigenvalue weighted by molar-refractivity contribution is 0.0963. The number of nitrogens with one attached hydrogen (secondary N) is 2. The van der Waals surface area contributed by atoms with Crippen molar-refractivity contribution < 1.29 is 9.90 Å². The second-order valence-corrected chi connectivity index (χ2v) is 6.13. The van der Waals surface area contributed by atoms with Gasteiger partial charge in [-0.25, -0.2) is 0 Å². The summed E-state index contributed by atoms with van der Waals surface area (Å²) >= 11 is 0. The van der Waals surface area contributed by atoms with E-state index in [1.54, 1.807) is 25.2 Å². The summed E-state index contributed by atoms with van der Waals surface area (Å²) in [6, 6.07) is 5.18. The van der Waals surface area contributed by atoms with Crippen LogP contribution in [-0.4, -0.2) is 30.2 Å². The third-order valence-corrected chi connectivity index (χ3v) is 4.48. The Bertz CT molecular complexity index is 508. The summed E-state index contributed by atoms with van der Waals surface area (Å²) in [5.74, 6) is 0.550. The van der Waals surface area contributed by atoms with Gasteiger partial charge in [-0.3, -0.25) is 4.79 Å². The summed E-state index contributed by atoms with van der Waals surface area (Å²) in [7, 11) is 1.60. The van der Waals surface area contributed by atoms with E-state index in [4.69, 9.17) is 5.73 Å². The second kappa shape index (κ2) is 6.35. The van der Waals surface area contributed by atoms with Crippen molar-refractivity contribution in [1.82, 2.24) is 5.32 Å². The van der Waals surface area contributed by atoms with Crippen molar-refractivity contribution in [3.8, 4) is 0 Å². The smallest absolute Gasteiger partial charge is 0.251 e. The fourth-order valence-electron chi connectivity index (χ4n) is 2.87. The summed E-state index contributed by atoms with van der Waals surface area (Å²) in [6.07, 6.45) is 3.99. The van der Waals surface area contributed by atoms with Crippen LogP contribution in [0.2, 0.25) is 0 Å². The Kier molecular flexibility index (Phi) is 4.73. The minimum Gasteiger partial charge on any atom is -0.397 e. The van der Waals surface area contributed by atoms with Crippen molar-refractivity contribution in [2.75, 3.05) is 24.7 Å². The second-order valence-electron chi connectivity index (χ2n) is 6.13. The number of aliphatic hydroxyl groups is 1. The predicted molar refractivity (Wildman–Crippen MR) is 85.3 cm³/mol. The summed E-state index contributed by atoms with van der Waals surface area (Å²) < 4.78 is 0. The van der Waals surface area contributed by atoms with Crippen molar-refractivity contribution in [3.05, 3.63) is 23.8 Å². The maximum atomic E-state index is 11.7. The molecule has 0 aromatic heterocycles. The van der Waals surface area contributed by atoms with Crippen molar-refractivity contribution in [2.45, 2.75) is 38.1 Å². The van der Waals surface area contributed by atoms with E-state index in [1.165, 1.54) is 0 Å². The van der Waals surface area contributed by atoms with Crippen molar-refractivity contribution >= 4 is 17.3 Å². The SMILES string of the molecule is CNC(=O)c1ccc(N)c(NC2(CO)CCC(C)CC2)c1. The monoisotopic (exact) mass is 291 g/mol. The molecule has 0 bridgehead atoms. The van der Waals surface area contributed by atoms with Crippen LogP contribution in [0.4, 0.5) is 11.4 Å². The first-order valence-corrected chi connectivity index (χ1v) is 7.50. The number of hydrogen-bond donors (Lipinski definition) is 4. The number of nitrogen functional groups attached to an aromatic ring is 1. The molecular formula is C16H25N3O2. The Morgan fingerprint density at radius 2 is 2.10 bits per heavy atom. The van der Waals surface area contributed by atoms with Crippen LogP contribution in [0, 0.1) is 5.92 Å². The Morgan fingerprint density at radius 3 is 2.67 bits per heavy atom. The third kappa shape index (κ3) is 3.47. The van der Waals surface area contributed by atoms with Gasteiger partial charge in [-0.05, 0) is 49.8 Å². The highest BCUT2D eigenvalue weighted by Gasteiger charge is 2.34. The number of rotatable bonds is 4. The first-order valence-electron chi connectivity index (χ1n) is 7.50. The molecule has 21 heavy (non-hydrogen) atoms. The van der Waals surface area contributed by atoms with Gasteiger partial charge in [0.05, 0.1) is 23.5 Å². The normalized spacial score (nSPS) is 25.4. The molecule has 1 aromatic carbocycles. The van der Waals surface area contributed by atoms with Crippen LogP contribution in [0.5, 0.6) is 0 Å². The summed E-state index contributed by atoms with van der Waals surface area (Å²) in [5.41, 5.74) is 7.56. The number of amides is 1. The summed E-state index contributed by atoms with van der Waals surface area (Å²) in [4.78, 5) is 11.7. The average molecular weight is 291 g/mol. The number of aliphatic hydroxyl groups excluding tert-OH is 1. The lowest BCUT2D eigenvalue weighted by atomic mass is 9.77. The molecule has 1 fully saturated rings. The van der Waals surface area contributed by atoms with Gasteiger partial charge in [0.2, 0.25) is 0 Å². The van der Waals surface area contributed by atoms with E-state index in [0.29, 0.717) is 17.2 Å². The van der Waals surface area contributed by atoms with E-state index in [-0.39, 0.29) is 18.1 Å². The van der Waals surface area contributed by atoms with E-state index in [1.807, 2.05) is 0 Å². The minimum atomic E-state index is -0.331. The molecule has 0 saturated heterocycles. The van der Waals surface area contributed by atoms with Crippen molar-refractivity contribution in [1.29, 1.82) is 0 Å². The van der Waals surface area contributed by atoms with E-state index in [9.17, 15) is 9.90 Å². The molecule has 0 unspecified atom stereocenters. The molecule has 0 atom stereocenters. The molecule has 1 aliphatic carbocycles. The number of hydrogen-bond acceptors (Lipinski definition) is 4. The first kappa shape index (κ1) is 15.6. The molecule has 0 aliphatic heterocycles. The third-order valence-electron chi connectivity index (χ3n) is 4.48. The molecule has 0 heterocycles. The highest BCUT2D eigenvalue weighted by Crippen LogP contribution is 2.35. The van der Waals surface area contributed by atoms with Crippen molar-refractivity contribution in [2.24, 2.45) is 5.92 Å². The van der Waals surface area contributed by atoms with E-state index < -0.39 is 0 Å². The van der Waals surface area contributed by atoms with Crippen LogP contribution >= 0.6 is 0 Å². The lowest BCUT2D eigenvalue weighted by Crippen LogP contribution is -2.45. The Morgan fingerprint density at radius 1 is 1.43 bits per heavy atom. The molecule has 5 nitrogen and oxygen atoms in total. The number of benzene rings is 1. The maximum absolute atomic E-state index is 11.7. The first-order chi connectivity index (χ1) is 9.99. The van der Waals surface area contributed by atoms with Crippen molar-refractivity contribution in [3.63, 3.8) is 0 Å². The lowest BCUT2D eigenvalue weighted by Gasteiger charge is -2.40. The van der Waals surface area contributed by atoms with Gasteiger partial charge < -0.3 is 21.5 Å². The van der Waals surface area contributed by atoms with Gasteiger partial charge in [-0.2, -0.15) is 0 Å². The van der Waals surface area contributed by atoms with E-state index in [0.717, 1.165) is 31.4 Å². The Balaban J connectivity index is 2.22. The van der Waals surface area contributed by atoms with Crippen LogP contribution in [0.3, 0.4) is 0 Å². The van der Waals surface area contributed by atoms with Gasteiger partial charge in [-0.1, -0.05) is 6.92 Å². The fraction of sp³-hybridized carbons (Fsp3) is 0.562. The summed E-state index contributed by atoms with van der Waals surface area (Å²) in [6.45, 7) is 2.31. The number of carbonyl (C=O) groups is 1. The molecular weight excluding hydrogens is 266 g/mol. The van der Waals surface area contributed by atoms with Gasteiger partial charge >= 0.3 is 0 Å². The molecule has 116 valence electrons. The van der Waals surface area contributed by atoms with E-state index >= 15 is 0 Å². The Labute approximate surface area is 125 Å². The largest absolute Gasteiger partial charge is 0.397 e. The topological polar surface area (TPSA) is 87.4 Å². The van der Waals surface area contributed by atoms with Gasteiger partial charge in [0.1, 0.15) is 0 Å². The molecule has 0 spiro atoms. The molecule has 5 heteroatoms. The predicted octanol–water partition coefficient (Wildman–Crippen LogP) is 1.98. The molecule has 1 amide bonds. The quantitative estimate of drug-likeness (QED) is 0.639. The van der Waals surface area contributed by atoms with Gasteiger partial charge in [-0.15, -0.1) is 0 Å². The zero-order valence-corrected chi connectivity index (χ0v) is 12.8. The minimum absolute atomic E-state index is 0.0728. The zero-order chi connectivity index (χ0) is 15.5. The molecule has 1 aromatic rings. The summed E-state index contributed by atoms with van der Waals surface area (Å²) in [5, 5.41) is 15.8. The number of carbonyl (C=O) groups excluding carboxylic acids is 1. The van der Waals surface area contributed by atoms with Crippen LogP contribution < -0.4 is 16.4 Å². The van der Waals surface area contributed by atoms with Gasteiger partial charge in [0, 0.05) is 12.6 Å². The van der Waals surface area contributed by atoms with Crippen LogP contribution in [-0.2, 0) is 0 Å². The van der Waals surface area contributed by atoms with Gasteiger partial charge in [0.15, 0.2) is 0 Å². The van der Waals surface area contributed by atoms with E-state index in [2.05, 4.69) is 17.6 Å². The average Bonchev–Trinajstić information content (AvgIpc) is 2.51.